The third-order valence-corrected chi connectivity index (χ3v) is 11.3. The smallest absolute Gasteiger partial charge is 0.411 e. The lowest BCUT2D eigenvalue weighted by atomic mass is 10.1. The van der Waals surface area contributed by atoms with Crippen LogP contribution in [0.3, 0.4) is 0 Å². The van der Waals surface area contributed by atoms with Crippen molar-refractivity contribution in [3.63, 3.8) is 0 Å². The van der Waals surface area contributed by atoms with Crippen molar-refractivity contribution in [2.24, 2.45) is 0 Å². The summed E-state index contributed by atoms with van der Waals surface area (Å²) in [6.07, 6.45) is 0.817. The van der Waals surface area contributed by atoms with Gasteiger partial charge in [0.2, 0.25) is 3.79 Å². The largest absolute Gasteiger partial charge is 0.493 e. The molecule has 1 saturated heterocycles. The molecule has 198 valence electrons. The van der Waals surface area contributed by atoms with Crippen molar-refractivity contribution in [3.05, 3.63) is 17.7 Å². The monoisotopic (exact) mass is 568 g/mol. The summed E-state index contributed by atoms with van der Waals surface area (Å²) in [5.41, 5.74) is 0.422. The average molecular weight is 570 g/mol. The van der Waals surface area contributed by atoms with Gasteiger partial charge in [-0.1, -0.05) is 55.6 Å². The molecule has 8 nitrogen and oxygen atoms in total. The first-order chi connectivity index (χ1) is 16.1. The highest BCUT2D eigenvalue weighted by Gasteiger charge is 2.39. The molecule has 2 rings (SSSR count). The van der Waals surface area contributed by atoms with E-state index in [1.807, 2.05) is 0 Å². The van der Waals surface area contributed by atoms with E-state index in [0.717, 1.165) is 12.8 Å². The number of ether oxygens (including phenoxy) is 3. The normalized spacial score (nSPS) is 16.7. The molecule has 1 N–H and O–H groups in total. The summed E-state index contributed by atoms with van der Waals surface area (Å²) in [5, 5.41) is 2.62. The SMILES string of the molecule is COc1cc(NC(=O)OCC(Cl)(Cl)Cl)c(C(=O)N2CCC[C@H]2CO[Si](C)(C)C(C)(C)C)cc1OC. The van der Waals surface area contributed by atoms with Gasteiger partial charge in [-0.15, -0.1) is 0 Å². The van der Waals surface area contributed by atoms with E-state index in [1.165, 1.54) is 26.4 Å². The highest BCUT2D eigenvalue weighted by molar-refractivity contribution is 6.74. The maximum atomic E-state index is 13.7. The summed E-state index contributed by atoms with van der Waals surface area (Å²) in [5.74, 6) is 0.424. The summed E-state index contributed by atoms with van der Waals surface area (Å²) in [7, 11) is 0.949. The molecule has 1 fully saturated rings. The van der Waals surface area contributed by atoms with Gasteiger partial charge >= 0.3 is 6.09 Å². The molecule has 0 radical (unpaired) electrons. The third-order valence-electron chi connectivity index (χ3n) is 6.44. The Morgan fingerprint density at radius 3 is 2.26 bits per heavy atom. The Morgan fingerprint density at radius 2 is 1.71 bits per heavy atom. The van der Waals surface area contributed by atoms with Crippen molar-refractivity contribution in [2.75, 3.05) is 39.3 Å². The molecular weight excluding hydrogens is 535 g/mol. The number of nitrogens with zero attached hydrogens (tertiary/aromatic N) is 1. The van der Waals surface area contributed by atoms with Crippen LogP contribution in [0.25, 0.3) is 0 Å². The minimum Gasteiger partial charge on any atom is -0.493 e. The van der Waals surface area contributed by atoms with E-state index in [0.29, 0.717) is 24.7 Å². The molecule has 0 spiro atoms. The van der Waals surface area contributed by atoms with E-state index < -0.39 is 24.8 Å². The molecule has 1 atom stereocenters. The van der Waals surface area contributed by atoms with Crippen LogP contribution in [0.1, 0.15) is 44.0 Å². The number of alkyl halides is 3. The lowest BCUT2D eigenvalue weighted by Crippen LogP contribution is -2.46. The van der Waals surface area contributed by atoms with E-state index in [4.69, 9.17) is 53.4 Å². The zero-order chi connectivity index (χ0) is 26.6. The summed E-state index contributed by atoms with van der Waals surface area (Å²) < 4.78 is 20.3. The van der Waals surface area contributed by atoms with Gasteiger partial charge in [-0.2, -0.15) is 0 Å². The second-order valence-electron chi connectivity index (χ2n) is 9.93. The van der Waals surface area contributed by atoms with Gasteiger partial charge in [0.05, 0.1) is 38.1 Å². The molecule has 35 heavy (non-hydrogen) atoms. The molecule has 0 saturated carbocycles. The number of halogens is 3. The molecule has 1 heterocycles. The Balaban J connectivity index is 2.30. The summed E-state index contributed by atoms with van der Waals surface area (Å²) in [4.78, 5) is 27.8. The van der Waals surface area contributed by atoms with Gasteiger partial charge in [-0.25, -0.2) is 4.79 Å². The number of hydrogen-bond acceptors (Lipinski definition) is 6. The predicted octanol–water partition coefficient (Wildman–Crippen LogP) is 6.25. The molecule has 0 bridgehead atoms. The molecular formula is C23H35Cl3N2O6Si. The Bertz CT molecular complexity index is 918. The Labute approximate surface area is 223 Å². The van der Waals surface area contributed by atoms with Crippen molar-refractivity contribution in [1.29, 1.82) is 0 Å². The molecule has 1 aromatic carbocycles. The molecule has 12 heteroatoms. The quantitative estimate of drug-likeness (QED) is 0.294. The number of hydrogen-bond donors (Lipinski definition) is 1. The molecule has 0 unspecified atom stereocenters. The third kappa shape index (κ3) is 8.05. The topological polar surface area (TPSA) is 86.3 Å². The molecule has 2 amide bonds. The van der Waals surface area contributed by atoms with E-state index in [9.17, 15) is 9.59 Å². The minimum absolute atomic E-state index is 0.0634. The van der Waals surface area contributed by atoms with Crippen molar-refractivity contribution in [3.8, 4) is 11.5 Å². The second kappa shape index (κ2) is 11.8. The van der Waals surface area contributed by atoms with Crippen LogP contribution in [0.5, 0.6) is 11.5 Å². The van der Waals surface area contributed by atoms with Crippen LogP contribution in [0, 0.1) is 0 Å². The molecule has 1 aliphatic rings. The van der Waals surface area contributed by atoms with E-state index >= 15 is 0 Å². The number of carbonyl (C=O) groups is 2. The maximum absolute atomic E-state index is 13.7. The fourth-order valence-electron chi connectivity index (χ4n) is 3.40. The number of anilines is 1. The van der Waals surface area contributed by atoms with Gasteiger partial charge in [-0.05, 0) is 37.0 Å². The van der Waals surface area contributed by atoms with Crippen LogP contribution < -0.4 is 14.8 Å². The van der Waals surface area contributed by atoms with Crippen molar-refractivity contribution in [1.82, 2.24) is 4.90 Å². The van der Waals surface area contributed by atoms with Gasteiger partial charge in [0.1, 0.15) is 6.61 Å². The number of benzene rings is 1. The first-order valence-corrected chi connectivity index (χ1v) is 15.4. The number of nitrogens with one attached hydrogen (secondary N) is 1. The Morgan fingerprint density at radius 1 is 1.11 bits per heavy atom. The highest BCUT2D eigenvalue weighted by atomic mass is 35.6. The lowest BCUT2D eigenvalue weighted by molar-refractivity contribution is 0.0684. The van der Waals surface area contributed by atoms with Crippen LogP contribution in [0.4, 0.5) is 10.5 Å². The van der Waals surface area contributed by atoms with Gasteiger partial charge < -0.3 is 23.5 Å². The molecule has 1 aromatic rings. The second-order valence-corrected chi connectivity index (χ2v) is 17.3. The van der Waals surface area contributed by atoms with Crippen LogP contribution in [-0.2, 0) is 9.16 Å². The summed E-state index contributed by atoms with van der Waals surface area (Å²) >= 11 is 17.0. The zero-order valence-corrected chi connectivity index (χ0v) is 24.6. The maximum Gasteiger partial charge on any atom is 0.411 e. The van der Waals surface area contributed by atoms with Crippen molar-refractivity contribution in [2.45, 2.75) is 61.6 Å². The zero-order valence-electron chi connectivity index (χ0n) is 21.3. The summed E-state index contributed by atoms with van der Waals surface area (Å²) in [6, 6.07) is 2.96. The fourth-order valence-corrected chi connectivity index (χ4v) is 4.61. The van der Waals surface area contributed by atoms with Crippen LogP contribution in [0.2, 0.25) is 18.1 Å². The minimum atomic E-state index is -1.98. The van der Waals surface area contributed by atoms with Crippen LogP contribution >= 0.6 is 34.8 Å². The Hall–Kier alpha value is -1.39. The van der Waals surface area contributed by atoms with Crippen LogP contribution in [0.15, 0.2) is 12.1 Å². The van der Waals surface area contributed by atoms with Gasteiger partial charge in [0, 0.05) is 12.6 Å². The molecule has 0 aromatic heterocycles. The van der Waals surface area contributed by atoms with E-state index in [2.05, 4.69) is 39.2 Å². The summed E-state index contributed by atoms with van der Waals surface area (Å²) in [6.45, 7) is 11.5. The predicted molar refractivity (Wildman–Crippen MR) is 142 cm³/mol. The first-order valence-electron chi connectivity index (χ1n) is 11.3. The highest BCUT2D eigenvalue weighted by Crippen LogP contribution is 2.38. The number of likely N-dealkylation sites (tertiary alicyclic amines) is 1. The fraction of sp³-hybridized carbons (Fsp3) is 0.652. The standard InChI is InChI=1S/C23H35Cl3N2O6Si/c1-22(2,3)35(6,7)34-13-15-9-8-10-28(15)20(29)16-11-18(31-4)19(32-5)12-17(16)27-21(30)33-14-23(24,25)26/h11-12,15H,8-10,13-14H2,1-7H3,(H,27,30)/t15-/m0/s1. The van der Waals surface area contributed by atoms with Crippen molar-refractivity contribution >= 4 is 60.8 Å². The van der Waals surface area contributed by atoms with Gasteiger partial charge in [0.25, 0.3) is 5.91 Å². The van der Waals surface area contributed by atoms with E-state index in [1.54, 1.807) is 4.90 Å². The lowest BCUT2D eigenvalue weighted by Gasteiger charge is -2.38. The van der Waals surface area contributed by atoms with Gasteiger partial charge in [-0.3, -0.25) is 10.1 Å². The van der Waals surface area contributed by atoms with E-state index in [-0.39, 0.29) is 28.2 Å². The molecule has 1 aliphatic heterocycles. The van der Waals surface area contributed by atoms with Crippen LogP contribution in [-0.4, -0.2) is 69.0 Å². The number of methoxy groups -OCH3 is 2. The van der Waals surface area contributed by atoms with Gasteiger partial charge in [0.15, 0.2) is 19.8 Å². The number of rotatable bonds is 8. The Kier molecular flexibility index (Phi) is 10.0. The number of carbonyl (C=O) groups excluding carboxylic acids is 2. The number of amides is 2. The first kappa shape index (κ1) is 29.8. The molecule has 0 aliphatic carbocycles. The average Bonchev–Trinajstić information content (AvgIpc) is 3.23. The van der Waals surface area contributed by atoms with Crippen molar-refractivity contribution < 1.29 is 28.2 Å².